The fourth-order valence-corrected chi connectivity index (χ4v) is 6.72. The zero-order valence-corrected chi connectivity index (χ0v) is 21.1. The predicted molar refractivity (Wildman–Crippen MR) is 135 cm³/mol. The standard InChI is InChI=1S/C27H31N3O4S/c1-19-6-5-7-21(16-19)18-30-27(31)24-9-4-3-8-23(24)26(28-30)22-11-10-20(2)25(17-22)35(32,33)29-12-14-34-15-13-29/h5-7,10-11,16-17H,3-4,8-9,12-15,18H2,1-2H3. The number of nitrogens with zero attached hydrogens (tertiary/aromatic N) is 3. The summed E-state index contributed by atoms with van der Waals surface area (Å²) in [7, 11) is -3.66. The molecule has 0 radical (unpaired) electrons. The van der Waals surface area contributed by atoms with E-state index in [0.29, 0.717) is 49.0 Å². The van der Waals surface area contributed by atoms with E-state index in [-0.39, 0.29) is 5.56 Å². The first kappa shape index (κ1) is 23.9. The van der Waals surface area contributed by atoms with Gasteiger partial charge in [-0.15, -0.1) is 0 Å². The number of rotatable bonds is 5. The van der Waals surface area contributed by atoms with E-state index in [4.69, 9.17) is 9.84 Å². The summed E-state index contributed by atoms with van der Waals surface area (Å²) in [5.41, 5.74) is 6.02. The van der Waals surface area contributed by atoms with Crippen LogP contribution >= 0.6 is 0 Å². The molecule has 184 valence electrons. The molecule has 0 saturated carbocycles. The lowest BCUT2D eigenvalue weighted by atomic mass is 9.89. The quantitative estimate of drug-likeness (QED) is 0.544. The van der Waals surface area contributed by atoms with E-state index in [1.807, 2.05) is 44.2 Å². The average Bonchev–Trinajstić information content (AvgIpc) is 2.87. The maximum Gasteiger partial charge on any atom is 0.270 e. The number of hydrogen-bond donors (Lipinski definition) is 0. The first-order chi connectivity index (χ1) is 16.8. The predicted octanol–water partition coefficient (Wildman–Crippen LogP) is 3.48. The summed E-state index contributed by atoms with van der Waals surface area (Å²) < 4.78 is 35.3. The third-order valence-corrected chi connectivity index (χ3v) is 8.97. The van der Waals surface area contributed by atoms with Crippen molar-refractivity contribution in [3.8, 4) is 11.3 Å². The fourth-order valence-electron chi connectivity index (χ4n) is 5.06. The van der Waals surface area contributed by atoms with Gasteiger partial charge in [0, 0.05) is 24.2 Å². The number of hydrogen-bond acceptors (Lipinski definition) is 5. The zero-order valence-electron chi connectivity index (χ0n) is 20.3. The van der Waals surface area contributed by atoms with Gasteiger partial charge in [-0.2, -0.15) is 9.40 Å². The van der Waals surface area contributed by atoms with Crippen LogP contribution in [0.5, 0.6) is 0 Å². The van der Waals surface area contributed by atoms with Crippen LogP contribution in [-0.2, 0) is 34.1 Å². The van der Waals surface area contributed by atoms with Crippen LogP contribution in [0.3, 0.4) is 0 Å². The van der Waals surface area contributed by atoms with Crippen molar-refractivity contribution >= 4 is 10.0 Å². The molecule has 0 N–H and O–H groups in total. The van der Waals surface area contributed by atoms with Crippen LogP contribution in [0.15, 0.2) is 52.2 Å². The molecule has 1 aliphatic heterocycles. The number of aromatic nitrogens is 2. The lowest BCUT2D eigenvalue weighted by Gasteiger charge is -2.27. The molecule has 1 fully saturated rings. The first-order valence-electron chi connectivity index (χ1n) is 12.2. The van der Waals surface area contributed by atoms with Gasteiger partial charge >= 0.3 is 0 Å². The second-order valence-electron chi connectivity index (χ2n) is 9.46. The van der Waals surface area contributed by atoms with Crippen molar-refractivity contribution in [1.82, 2.24) is 14.1 Å². The largest absolute Gasteiger partial charge is 0.379 e. The topological polar surface area (TPSA) is 81.5 Å². The Morgan fingerprint density at radius 1 is 0.971 bits per heavy atom. The van der Waals surface area contributed by atoms with E-state index in [0.717, 1.165) is 53.5 Å². The van der Waals surface area contributed by atoms with Crippen molar-refractivity contribution in [1.29, 1.82) is 0 Å². The number of morpholine rings is 1. The number of aryl methyl sites for hydroxylation is 2. The van der Waals surface area contributed by atoms with Crippen LogP contribution in [0.25, 0.3) is 11.3 Å². The maximum atomic E-state index is 13.5. The molecule has 2 aliphatic rings. The number of fused-ring (bicyclic) bond motifs is 1. The molecule has 0 bridgehead atoms. The van der Waals surface area contributed by atoms with E-state index in [2.05, 4.69) is 6.07 Å². The monoisotopic (exact) mass is 493 g/mol. The van der Waals surface area contributed by atoms with Crippen LogP contribution in [-0.4, -0.2) is 48.8 Å². The molecule has 0 amide bonds. The Morgan fingerprint density at radius 3 is 2.46 bits per heavy atom. The van der Waals surface area contributed by atoms with Gasteiger partial charge in [0.2, 0.25) is 10.0 Å². The molecule has 2 heterocycles. The number of benzene rings is 2. The molecule has 2 aromatic carbocycles. The van der Waals surface area contributed by atoms with E-state index in [9.17, 15) is 13.2 Å². The van der Waals surface area contributed by atoms with Gasteiger partial charge in [0.05, 0.1) is 30.3 Å². The summed E-state index contributed by atoms with van der Waals surface area (Å²) in [4.78, 5) is 13.7. The molecule has 3 aromatic rings. The molecule has 8 heteroatoms. The average molecular weight is 494 g/mol. The van der Waals surface area contributed by atoms with Crippen molar-refractivity contribution in [2.24, 2.45) is 0 Å². The van der Waals surface area contributed by atoms with Gasteiger partial charge in [-0.1, -0.05) is 42.0 Å². The minimum absolute atomic E-state index is 0.0433. The van der Waals surface area contributed by atoms with Crippen molar-refractivity contribution in [2.75, 3.05) is 26.3 Å². The molecular formula is C27H31N3O4S. The highest BCUT2D eigenvalue weighted by atomic mass is 32.2. The van der Waals surface area contributed by atoms with Gasteiger partial charge in [0.25, 0.3) is 5.56 Å². The van der Waals surface area contributed by atoms with Crippen LogP contribution in [0.4, 0.5) is 0 Å². The third-order valence-electron chi connectivity index (χ3n) is 6.93. The zero-order chi connectivity index (χ0) is 24.6. The SMILES string of the molecule is Cc1cccc(Cn2nc(-c3ccc(C)c(S(=O)(=O)N4CCOCC4)c3)c3c(c2=O)CCCC3)c1. The first-order valence-corrected chi connectivity index (χ1v) is 13.7. The highest BCUT2D eigenvalue weighted by molar-refractivity contribution is 7.89. The smallest absolute Gasteiger partial charge is 0.270 e. The van der Waals surface area contributed by atoms with Crippen LogP contribution < -0.4 is 5.56 Å². The van der Waals surface area contributed by atoms with Crippen LogP contribution in [0.2, 0.25) is 0 Å². The summed E-state index contributed by atoms with van der Waals surface area (Å²) in [5, 5.41) is 4.82. The molecule has 0 unspecified atom stereocenters. The van der Waals surface area contributed by atoms with Gasteiger partial charge in [-0.25, -0.2) is 13.1 Å². The molecular weight excluding hydrogens is 462 g/mol. The van der Waals surface area contributed by atoms with Crippen molar-refractivity contribution in [3.63, 3.8) is 0 Å². The van der Waals surface area contributed by atoms with Gasteiger partial charge < -0.3 is 4.74 Å². The highest BCUT2D eigenvalue weighted by Gasteiger charge is 2.29. The lowest BCUT2D eigenvalue weighted by molar-refractivity contribution is 0.0730. The summed E-state index contributed by atoms with van der Waals surface area (Å²) in [6, 6.07) is 13.6. The van der Waals surface area contributed by atoms with Gasteiger partial charge in [-0.05, 0) is 62.3 Å². The molecule has 7 nitrogen and oxygen atoms in total. The number of ether oxygens (including phenoxy) is 1. The molecule has 1 saturated heterocycles. The van der Waals surface area contributed by atoms with Crippen molar-refractivity contribution in [2.45, 2.75) is 51.0 Å². The summed E-state index contributed by atoms with van der Waals surface area (Å²) in [6.45, 7) is 5.72. The van der Waals surface area contributed by atoms with E-state index < -0.39 is 10.0 Å². The normalized spacial score (nSPS) is 16.7. The van der Waals surface area contributed by atoms with Gasteiger partial charge in [0.15, 0.2) is 0 Å². The maximum absolute atomic E-state index is 13.5. The highest BCUT2D eigenvalue weighted by Crippen LogP contribution is 2.31. The van der Waals surface area contributed by atoms with Crippen molar-refractivity contribution < 1.29 is 13.2 Å². The summed E-state index contributed by atoms with van der Waals surface area (Å²) in [5.74, 6) is 0. The second kappa shape index (κ2) is 9.68. The Kier molecular flexibility index (Phi) is 6.61. The van der Waals surface area contributed by atoms with Gasteiger partial charge in [0.1, 0.15) is 0 Å². The Morgan fingerprint density at radius 2 is 1.71 bits per heavy atom. The molecule has 35 heavy (non-hydrogen) atoms. The Balaban J connectivity index is 1.62. The van der Waals surface area contributed by atoms with Crippen molar-refractivity contribution in [3.05, 3.63) is 80.6 Å². The minimum Gasteiger partial charge on any atom is -0.379 e. The van der Waals surface area contributed by atoms with Crippen LogP contribution in [0.1, 0.15) is 40.7 Å². The van der Waals surface area contributed by atoms with E-state index >= 15 is 0 Å². The van der Waals surface area contributed by atoms with Gasteiger partial charge in [-0.3, -0.25) is 4.79 Å². The summed E-state index contributed by atoms with van der Waals surface area (Å²) >= 11 is 0. The Bertz CT molecular complexity index is 1420. The molecule has 0 spiro atoms. The van der Waals surface area contributed by atoms with E-state index in [1.165, 1.54) is 4.31 Å². The second-order valence-corrected chi connectivity index (χ2v) is 11.4. The minimum atomic E-state index is -3.66. The molecule has 0 atom stereocenters. The van der Waals surface area contributed by atoms with E-state index in [1.54, 1.807) is 10.7 Å². The Hall–Kier alpha value is -2.81. The fraction of sp³-hybridized carbons (Fsp3) is 0.407. The molecule has 1 aliphatic carbocycles. The summed E-state index contributed by atoms with van der Waals surface area (Å²) in [6.07, 6.45) is 3.47. The van der Waals surface area contributed by atoms with Crippen LogP contribution in [0, 0.1) is 13.8 Å². The lowest BCUT2D eigenvalue weighted by Crippen LogP contribution is -2.40. The Labute approximate surface area is 206 Å². The number of sulfonamides is 1. The molecule has 1 aromatic heterocycles. The molecule has 5 rings (SSSR count). The third kappa shape index (κ3) is 4.70.